The highest BCUT2D eigenvalue weighted by Gasteiger charge is 2.28. The van der Waals surface area contributed by atoms with Crippen molar-refractivity contribution in [3.8, 4) is 0 Å². The maximum atomic E-state index is 12.2. The summed E-state index contributed by atoms with van der Waals surface area (Å²) in [5.74, 6) is 1.10. The van der Waals surface area contributed by atoms with Gasteiger partial charge in [0, 0.05) is 22.9 Å². The Kier molecular flexibility index (Phi) is 5.13. The Hall–Kier alpha value is -2.39. The minimum atomic E-state index is -0.0614. The van der Waals surface area contributed by atoms with Gasteiger partial charge in [0.1, 0.15) is 5.01 Å². The van der Waals surface area contributed by atoms with E-state index >= 15 is 0 Å². The summed E-state index contributed by atoms with van der Waals surface area (Å²) in [4.78, 5) is 16.8. The minimum absolute atomic E-state index is 0.0614. The number of carbonyl (C=O) groups excluding carboxylic acids is 1. The van der Waals surface area contributed by atoms with E-state index in [4.69, 9.17) is 5.73 Å². The second-order valence-electron chi connectivity index (χ2n) is 6.55. The van der Waals surface area contributed by atoms with Crippen LogP contribution < -0.4 is 11.1 Å². The topological polar surface area (TPSA) is 98.7 Å². The van der Waals surface area contributed by atoms with Gasteiger partial charge in [-0.1, -0.05) is 29.5 Å². The Labute approximate surface area is 165 Å². The summed E-state index contributed by atoms with van der Waals surface area (Å²) in [5, 5.41) is 14.7. The van der Waals surface area contributed by atoms with Crippen LogP contribution in [0, 0.1) is 6.92 Å². The fraction of sp³-hybridized carbons (Fsp3) is 0.333. The van der Waals surface area contributed by atoms with Gasteiger partial charge in [-0.15, -0.1) is 21.5 Å². The molecule has 0 radical (unpaired) electrons. The Morgan fingerprint density at radius 3 is 2.85 bits per heavy atom. The molecule has 1 amide bonds. The summed E-state index contributed by atoms with van der Waals surface area (Å²) < 4.78 is 2.01. The zero-order valence-corrected chi connectivity index (χ0v) is 16.5. The highest BCUT2D eigenvalue weighted by Crippen LogP contribution is 2.39. The van der Waals surface area contributed by atoms with Gasteiger partial charge >= 0.3 is 0 Å². The first-order chi connectivity index (χ1) is 13.1. The molecule has 2 heterocycles. The lowest BCUT2D eigenvalue weighted by molar-refractivity contribution is -0.115. The van der Waals surface area contributed by atoms with E-state index in [1.165, 1.54) is 11.3 Å². The molecule has 1 fully saturated rings. The van der Waals surface area contributed by atoms with Gasteiger partial charge in [-0.2, -0.15) is 0 Å². The Morgan fingerprint density at radius 1 is 1.33 bits per heavy atom. The molecule has 0 atom stereocenters. The highest BCUT2D eigenvalue weighted by atomic mass is 32.2. The number of hydrogen-bond donors (Lipinski definition) is 2. The van der Waals surface area contributed by atoms with E-state index in [1.54, 1.807) is 11.8 Å². The van der Waals surface area contributed by atoms with Crippen molar-refractivity contribution >= 4 is 40.6 Å². The van der Waals surface area contributed by atoms with Gasteiger partial charge in [-0.05, 0) is 31.9 Å². The number of anilines is 2. The van der Waals surface area contributed by atoms with Gasteiger partial charge in [-0.3, -0.25) is 9.36 Å². The van der Waals surface area contributed by atoms with Crippen molar-refractivity contribution in [3.63, 3.8) is 0 Å². The van der Waals surface area contributed by atoms with E-state index in [0.29, 0.717) is 17.7 Å². The number of benzene rings is 1. The number of thioether (sulfide) groups is 1. The predicted octanol–water partition coefficient (Wildman–Crippen LogP) is 3.43. The van der Waals surface area contributed by atoms with Gasteiger partial charge in [0.05, 0.1) is 12.1 Å². The molecule has 4 rings (SSSR count). The number of nitrogens with two attached hydrogens (primary N) is 1. The Bertz CT molecular complexity index is 945. The molecule has 0 spiro atoms. The number of thiazole rings is 1. The van der Waals surface area contributed by atoms with Crippen LogP contribution in [0.1, 0.15) is 35.1 Å². The summed E-state index contributed by atoms with van der Waals surface area (Å²) >= 11 is 3.08. The van der Waals surface area contributed by atoms with Gasteiger partial charge in [-0.25, -0.2) is 4.98 Å². The van der Waals surface area contributed by atoms with Crippen molar-refractivity contribution in [3.05, 3.63) is 45.9 Å². The first-order valence-corrected chi connectivity index (χ1v) is 10.6. The molecular weight excluding hydrogens is 380 g/mol. The number of hydrogen-bond acceptors (Lipinski definition) is 7. The van der Waals surface area contributed by atoms with Crippen LogP contribution in [0.4, 0.5) is 11.6 Å². The summed E-state index contributed by atoms with van der Waals surface area (Å²) in [6, 6.07) is 8.19. The van der Waals surface area contributed by atoms with Gasteiger partial charge in [0.15, 0.2) is 5.16 Å². The molecule has 3 N–H and O–H groups in total. The smallest absolute Gasteiger partial charge is 0.231 e. The average Bonchev–Trinajstić information content (AvgIpc) is 3.27. The number of aryl methyl sites for hydroxylation is 1. The van der Waals surface area contributed by atoms with Crippen molar-refractivity contribution in [2.24, 2.45) is 0 Å². The number of nitrogens with zero attached hydrogens (tertiary/aromatic N) is 4. The number of nitrogen functional groups attached to an aromatic ring is 1. The lowest BCUT2D eigenvalue weighted by atomic mass is 10.2. The molecule has 140 valence electrons. The summed E-state index contributed by atoms with van der Waals surface area (Å²) in [6.07, 6.45) is 2.54. The SMILES string of the molecule is Cc1ccc(NC(=O)Cc2nc(CSc3nnc(N)n3C3CC3)cs2)cc1. The van der Waals surface area contributed by atoms with Crippen LogP contribution in [0.25, 0.3) is 0 Å². The second kappa shape index (κ2) is 7.69. The molecule has 7 nitrogen and oxygen atoms in total. The zero-order valence-electron chi connectivity index (χ0n) is 14.9. The summed E-state index contributed by atoms with van der Waals surface area (Å²) in [6.45, 7) is 2.02. The fourth-order valence-corrected chi connectivity index (χ4v) is 4.48. The Morgan fingerprint density at radius 2 is 2.11 bits per heavy atom. The van der Waals surface area contributed by atoms with Crippen molar-refractivity contribution < 1.29 is 4.79 Å². The standard InChI is InChI=1S/C18H20N6OS2/c1-11-2-4-12(5-3-11)20-15(25)8-16-21-13(9-26-16)10-27-18-23-22-17(19)24(18)14-6-7-14/h2-5,9,14H,6-8,10H2,1H3,(H2,19,22)(H,20,25). The van der Waals surface area contributed by atoms with Crippen molar-refractivity contribution in [2.45, 2.75) is 43.1 Å². The van der Waals surface area contributed by atoms with Crippen LogP contribution in [-0.4, -0.2) is 25.7 Å². The van der Waals surface area contributed by atoms with Crippen LogP contribution >= 0.6 is 23.1 Å². The number of carbonyl (C=O) groups is 1. The first-order valence-electron chi connectivity index (χ1n) is 8.71. The van der Waals surface area contributed by atoms with E-state index in [1.807, 2.05) is 41.1 Å². The van der Waals surface area contributed by atoms with Gasteiger partial charge < -0.3 is 11.1 Å². The largest absolute Gasteiger partial charge is 0.368 e. The highest BCUT2D eigenvalue weighted by molar-refractivity contribution is 7.98. The summed E-state index contributed by atoms with van der Waals surface area (Å²) in [5.41, 5.74) is 8.80. The van der Waals surface area contributed by atoms with Crippen molar-refractivity contribution in [2.75, 3.05) is 11.1 Å². The molecule has 1 aliphatic carbocycles. The normalized spacial score (nSPS) is 13.7. The van der Waals surface area contributed by atoms with Crippen molar-refractivity contribution in [1.82, 2.24) is 19.7 Å². The van der Waals surface area contributed by atoms with E-state index in [2.05, 4.69) is 20.5 Å². The molecular formula is C18H20N6OS2. The molecule has 1 aliphatic rings. The molecule has 1 aromatic carbocycles. The third kappa shape index (κ3) is 4.48. The van der Waals surface area contributed by atoms with E-state index in [0.717, 1.165) is 40.0 Å². The van der Waals surface area contributed by atoms with E-state index < -0.39 is 0 Å². The lowest BCUT2D eigenvalue weighted by Gasteiger charge is -2.05. The Balaban J connectivity index is 1.32. The second-order valence-corrected chi connectivity index (χ2v) is 8.44. The number of amides is 1. The molecule has 27 heavy (non-hydrogen) atoms. The molecule has 0 saturated heterocycles. The molecule has 2 aromatic heterocycles. The molecule has 0 aliphatic heterocycles. The quantitative estimate of drug-likeness (QED) is 0.590. The van der Waals surface area contributed by atoms with Gasteiger partial charge in [0.2, 0.25) is 11.9 Å². The maximum absolute atomic E-state index is 12.2. The molecule has 9 heteroatoms. The zero-order chi connectivity index (χ0) is 18.8. The molecule has 0 unspecified atom stereocenters. The molecule has 3 aromatic rings. The van der Waals surface area contributed by atoms with Crippen LogP contribution in [0.3, 0.4) is 0 Å². The van der Waals surface area contributed by atoms with Crippen LogP contribution in [-0.2, 0) is 17.0 Å². The molecule has 1 saturated carbocycles. The van der Waals surface area contributed by atoms with Crippen molar-refractivity contribution in [1.29, 1.82) is 0 Å². The molecule has 0 bridgehead atoms. The van der Waals surface area contributed by atoms with Crippen LogP contribution in [0.15, 0.2) is 34.8 Å². The fourth-order valence-electron chi connectivity index (χ4n) is 2.68. The first kappa shape index (κ1) is 18.0. The number of nitrogens with one attached hydrogen (secondary N) is 1. The summed E-state index contributed by atoms with van der Waals surface area (Å²) in [7, 11) is 0. The number of rotatable bonds is 7. The predicted molar refractivity (Wildman–Crippen MR) is 108 cm³/mol. The van der Waals surface area contributed by atoms with Crippen LogP contribution in [0.5, 0.6) is 0 Å². The van der Waals surface area contributed by atoms with E-state index in [9.17, 15) is 4.79 Å². The number of aromatic nitrogens is 4. The average molecular weight is 401 g/mol. The lowest BCUT2D eigenvalue weighted by Crippen LogP contribution is -2.14. The van der Waals surface area contributed by atoms with Gasteiger partial charge in [0.25, 0.3) is 0 Å². The third-order valence-electron chi connectivity index (χ3n) is 4.20. The third-order valence-corrected chi connectivity index (χ3v) is 6.07. The van der Waals surface area contributed by atoms with Crippen LogP contribution in [0.2, 0.25) is 0 Å². The van der Waals surface area contributed by atoms with E-state index in [-0.39, 0.29) is 12.3 Å². The maximum Gasteiger partial charge on any atom is 0.231 e. The monoisotopic (exact) mass is 400 g/mol. The minimum Gasteiger partial charge on any atom is -0.368 e.